The summed E-state index contributed by atoms with van der Waals surface area (Å²) in [6.07, 6.45) is 0.840. The van der Waals surface area contributed by atoms with E-state index in [4.69, 9.17) is 0 Å². The van der Waals surface area contributed by atoms with Crippen molar-refractivity contribution in [3.8, 4) is 0 Å². The second-order valence-corrected chi connectivity index (χ2v) is 9.31. The number of H-pyrrole nitrogens is 2. The molecule has 14 nitrogen and oxygen atoms in total. The number of rotatable bonds is 12. The summed E-state index contributed by atoms with van der Waals surface area (Å²) >= 11 is 0. The topological polar surface area (TPSA) is 207 Å². The molecule has 0 spiro atoms. The molecule has 1 atom stereocenters. The molecule has 4 amide bonds. The molecule has 1 unspecified atom stereocenters. The fourth-order valence-electron chi connectivity index (χ4n) is 4.29. The molecule has 0 saturated heterocycles. The van der Waals surface area contributed by atoms with Gasteiger partial charge in [0.25, 0.3) is 0 Å². The number of aromatic nitrogens is 5. The number of nitrogens with one attached hydrogen (secondary N) is 6. The SMILES string of the molecule is CC(Cc1c[nH]c2ccccc12)(NC(=O)O)C(=O)NCCc1ccccc1NC(=O)CCC(=O)Nc1nnn[nH]1. The Bertz CT molecular complexity index is 1500. The lowest BCUT2D eigenvalue weighted by Gasteiger charge is -2.28. The molecule has 2 heterocycles. The Kier molecular flexibility index (Phi) is 8.69. The van der Waals surface area contributed by atoms with Gasteiger partial charge in [-0.15, -0.1) is 0 Å². The minimum absolute atomic E-state index is 0.0640. The molecule has 7 N–H and O–H groups in total. The number of nitrogens with zero attached hydrogens (tertiary/aromatic N) is 3. The molecule has 0 fully saturated rings. The van der Waals surface area contributed by atoms with Crippen molar-refractivity contribution in [3.05, 3.63) is 65.9 Å². The number of carboxylic acid groups (broad SMARTS) is 1. The molecule has 0 aliphatic heterocycles. The molecule has 4 rings (SSSR count). The lowest BCUT2D eigenvalue weighted by atomic mass is 9.91. The Morgan fingerprint density at radius 2 is 1.68 bits per heavy atom. The maximum absolute atomic E-state index is 13.2. The van der Waals surface area contributed by atoms with E-state index in [1.807, 2.05) is 30.3 Å². The van der Waals surface area contributed by atoms with Gasteiger partial charge in [0.15, 0.2) is 0 Å². The van der Waals surface area contributed by atoms with Gasteiger partial charge in [-0.2, -0.15) is 0 Å². The first-order chi connectivity index (χ1) is 19.2. The zero-order chi connectivity index (χ0) is 28.5. The number of tetrazole rings is 1. The van der Waals surface area contributed by atoms with Gasteiger partial charge in [0.1, 0.15) is 5.54 Å². The van der Waals surface area contributed by atoms with Gasteiger partial charge in [-0.3, -0.25) is 19.7 Å². The summed E-state index contributed by atoms with van der Waals surface area (Å²) in [4.78, 5) is 52.3. The van der Waals surface area contributed by atoms with Crippen molar-refractivity contribution in [3.63, 3.8) is 0 Å². The van der Waals surface area contributed by atoms with Crippen molar-refractivity contribution in [1.82, 2.24) is 36.2 Å². The Balaban J connectivity index is 1.33. The normalized spacial score (nSPS) is 12.3. The van der Waals surface area contributed by atoms with Crippen LogP contribution in [0.25, 0.3) is 10.9 Å². The fourth-order valence-corrected chi connectivity index (χ4v) is 4.29. The second kappa shape index (κ2) is 12.5. The molecule has 0 saturated carbocycles. The summed E-state index contributed by atoms with van der Waals surface area (Å²) < 4.78 is 0. The molecule has 208 valence electrons. The number of carbonyl (C=O) groups excluding carboxylic acids is 3. The molecule has 2 aromatic heterocycles. The quantitative estimate of drug-likeness (QED) is 0.139. The van der Waals surface area contributed by atoms with E-state index in [-0.39, 0.29) is 37.7 Å². The van der Waals surface area contributed by atoms with Crippen LogP contribution in [-0.2, 0) is 27.2 Å². The third-order valence-electron chi connectivity index (χ3n) is 6.26. The number of anilines is 2. The predicted molar refractivity (Wildman–Crippen MR) is 145 cm³/mol. The summed E-state index contributed by atoms with van der Waals surface area (Å²) in [5, 5.41) is 33.4. The van der Waals surface area contributed by atoms with E-state index in [9.17, 15) is 24.3 Å². The monoisotopic (exact) mass is 547 g/mol. The van der Waals surface area contributed by atoms with Crippen molar-refractivity contribution in [2.24, 2.45) is 0 Å². The number of amides is 4. The van der Waals surface area contributed by atoms with Gasteiger partial charge in [0, 0.05) is 48.6 Å². The molecule has 4 aromatic rings. The van der Waals surface area contributed by atoms with Crippen LogP contribution in [0.3, 0.4) is 0 Å². The minimum Gasteiger partial charge on any atom is -0.465 e. The lowest BCUT2D eigenvalue weighted by molar-refractivity contribution is -0.126. The summed E-state index contributed by atoms with van der Waals surface area (Å²) in [6, 6.07) is 14.7. The molecule has 0 bridgehead atoms. The van der Waals surface area contributed by atoms with Gasteiger partial charge in [-0.05, 0) is 47.0 Å². The number of hydrogen-bond donors (Lipinski definition) is 7. The van der Waals surface area contributed by atoms with Gasteiger partial charge in [-0.25, -0.2) is 9.89 Å². The van der Waals surface area contributed by atoms with Crippen LogP contribution in [0.15, 0.2) is 54.7 Å². The van der Waals surface area contributed by atoms with Crippen molar-refractivity contribution < 1.29 is 24.3 Å². The predicted octanol–water partition coefficient (Wildman–Crippen LogP) is 1.97. The van der Waals surface area contributed by atoms with Gasteiger partial charge in [0.05, 0.1) is 0 Å². The number of aromatic amines is 2. The number of carbonyl (C=O) groups is 4. The van der Waals surface area contributed by atoms with Gasteiger partial charge >= 0.3 is 6.09 Å². The van der Waals surface area contributed by atoms with Crippen LogP contribution >= 0.6 is 0 Å². The van der Waals surface area contributed by atoms with Crippen molar-refractivity contribution in [1.29, 1.82) is 0 Å². The van der Waals surface area contributed by atoms with E-state index in [0.29, 0.717) is 12.1 Å². The van der Waals surface area contributed by atoms with Crippen LogP contribution in [0.1, 0.15) is 30.9 Å². The maximum Gasteiger partial charge on any atom is 0.405 e. The first kappa shape index (κ1) is 27.8. The van der Waals surface area contributed by atoms with Crippen LogP contribution in [-0.4, -0.2) is 66.6 Å². The molecule has 14 heteroatoms. The van der Waals surface area contributed by atoms with E-state index in [1.54, 1.807) is 31.3 Å². The number of benzene rings is 2. The highest BCUT2D eigenvalue weighted by Gasteiger charge is 2.35. The van der Waals surface area contributed by atoms with E-state index < -0.39 is 23.4 Å². The van der Waals surface area contributed by atoms with Crippen LogP contribution in [0.2, 0.25) is 0 Å². The average Bonchev–Trinajstić information content (AvgIpc) is 3.58. The zero-order valence-corrected chi connectivity index (χ0v) is 21.7. The summed E-state index contributed by atoms with van der Waals surface area (Å²) in [5.41, 5.74) is 1.58. The Labute approximate surface area is 228 Å². The van der Waals surface area contributed by atoms with Crippen LogP contribution in [0.5, 0.6) is 0 Å². The first-order valence-corrected chi connectivity index (χ1v) is 12.5. The molecule has 0 radical (unpaired) electrons. The Morgan fingerprint density at radius 1 is 0.950 bits per heavy atom. The summed E-state index contributed by atoms with van der Waals surface area (Å²) in [6.45, 7) is 1.74. The van der Waals surface area contributed by atoms with Crippen molar-refractivity contribution >= 4 is 46.4 Å². The van der Waals surface area contributed by atoms with Gasteiger partial charge in [0.2, 0.25) is 23.7 Å². The van der Waals surface area contributed by atoms with Crippen molar-refractivity contribution in [2.45, 2.75) is 38.1 Å². The maximum atomic E-state index is 13.2. The van der Waals surface area contributed by atoms with Crippen LogP contribution in [0, 0.1) is 0 Å². The highest BCUT2D eigenvalue weighted by Crippen LogP contribution is 2.23. The molecule has 0 aliphatic carbocycles. The largest absolute Gasteiger partial charge is 0.465 e. The molecular formula is C26H29N9O5. The van der Waals surface area contributed by atoms with E-state index in [1.165, 1.54) is 0 Å². The second-order valence-electron chi connectivity index (χ2n) is 9.31. The standard InChI is InChI=1S/C26H29N9O5/c1-26(31-25(39)40,14-17-15-28-20-9-5-3-7-18(17)20)23(38)27-13-12-16-6-2-4-8-19(16)29-21(36)10-11-22(37)30-24-32-34-35-33-24/h2-9,15,28,31H,10-14H2,1H3,(H,27,38)(H,29,36)(H,39,40)(H2,30,32,33,34,35,37). The Hall–Kier alpha value is -5.27. The average molecular weight is 548 g/mol. The van der Waals surface area contributed by atoms with Crippen LogP contribution in [0.4, 0.5) is 16.4 Å². The van der Waals surface area contributed by atoms with Crippen LogP contribution < -0.4 is 21.3 Å². The van der Waals surface area contributed by atoms with Gasteiger partial charge < -0.3 is 26.0 Å². The molecule has 40 heavy (non-hydrogen) atoms. The fraction of sp³-hybridized carbons (Fsp3) is 0.269. The minimum atomic E-state index is -1.42. The molecular weight excluding hydrogens is 518 g/mol. The third kappa shape index (κ3) is 7.18. The van der Waals surface area contributed by atoms with E-state index in [0.717, 1.165) is 22.0 Å². The highest BCUT2D eigenvalue weighted by molar-refractivity contribution is 5.96. The van der Waals surface area contributed by atoms with E-state index in [2.05, 4.69) is 46.9 Å². The van der Waals surface area contributed by atoms with Crippen molar-refractivity contribution in [2.75, 3.05) is 17.2 Å². The van der Waals surface area contributed by atoms with Gasteiger partial charge in [-0.1, -0.05) is 41.5 Å². The zero-order valence-electron chi connectivity index (χ0n) is 21.7. The van der Waals surface area contributed by atoms with E-state index >= 15 is 0 Å². The third-order valence-corrected chi connectivity index (χ3v) is 6.26. The highest BCUT2D eigenvalue weighted by atomic mass is 16.4. The Morgan fingerprint density at radius 3 is 2.42 bits per heavy atom. The molecule has 2 aromatic carbocycles. The summed E-state index contributed by atoms with van der Waals surface area (Å²) in [7, 11) is 0. The smallest absolute Gasteiger partial charge is 0.405 e. The first-order valence-electron chi connectivity index (χ1n) is 12.5. The molecule has 0 aliphatic rings. The summed E-state index contributed by atoms with van der Waals surface area (Å²) in [5.74, 6) is -1.17. The number of hydrogen-bond acceptors (Lipinski definition) is 7. The lowest BCUT2D eigenvalue weighted by Crippen LogP contribution is -2.58. The number of para-hydroxylation sites is 2. The number of fused-ring (bicyclic) bond motifs is 1.